The van der Waals surface area contributed by atoms with Crippen molar-refractivity contribution >= 4 is 49.1 Å². The van der Waals surface area contributed by atoms with E-state index < -0.39 is 0 Å². The summed E-state index contributed by atoms with van der Waals surface area (Å²) in [5.74, 6) is -0.264. The summed E-state index contributed by atoms with van der Waals surface area (Å²) < 4.78 is 2.36. The molecular formula is C23H20BrN3O2S. The molecule has 2 heterocycles. The number of aromatic nitrogens is 2. The number of benzene rings is 2. The lowest BCUT2D eigenvalue weighted by atomic mass is 10.0. The molecule has 0 radical (unpaired) electrons. The number of carbonyl (C=O) groups excluding carboxylic acids is 1. The van der Waals surface area contributed by atoms with Crippen LogP contribution in [0.25, 0.3) is 21.3 Å². The second-order valence-electron chi connectivity index (χ2n) is 7.04. The number of nitrogens with zero attached hydrogens (tertiary/aromatic N) is 2. The minimum atomic E-state index is -0.264. The van der Waals surface area contributed by atoms with Gasteiger partial charge < -0.3 is 5.32 Å². The minimum absolute atomic E-state index is 0.0905. The van der Waals surface area contributed by atoms with Gasteiger partial charge >= 0.3 is 0 Å². The topological polar surface area (TPSA) is 64.0 Å². The molecule has 0 unspecified atom stereocenters. The Bertz CT molecular complexity index is 1290. The Morgan fingerprint density at radius 1 is 1.20 bits per heavy atom. The zero-order valence-electron chi connectivity index (χ0n) is 16.6. The van der Waals surface area contributed by atoms with Gasteiger partial charge in [-0.2, -0.15) is 0 Å². The molecule has 1 amide bonds. The first-order valence-electron chi connectivity index (χ1n) is 9.59. The van der Waals surface area contributed by atoms with E-state index in [4.69, 9.17) is 0 Å². The molecule has 0 spiro atoms. The molecule has 0 bridgehead atoms. The predicted molar refractivity (Wildman–Crippen MR) is 126 cm³/mol. The van der Waals surface area contributed by atoms with Crippen molar-refractivity contribution in [3.63, 3.8) is 0 Å². The van der Waals surface area contributed by atoms with Gasteiger partial charge in [-0.25, -0.2) is 4.98 Å². The fourth-order valence-corrected chi connectivity index (χ4v) is 4.79. The SMILES string of the molecule is CCc1sc2ncn(CC(=O)Nc3cccc(C)c3)c(=O)c2c1-c1ccc(Br)cc1. The van der Waals surface area contributed by atoms with Crippen molar-refractivity contribution < 1.29 is 4.79 Å². The Labute approximate surface area is 186 Å². The van der Waals surface area contributed by atoms with Gasteiger partial charge in [0.2, 0.25) is 5.91 Å². The highest BCUT2D eigenvalue weighted by Gasteiger charge is 2.19. The maximum absolute atomic E-state index is 13.3. The summed E-state index contributed by atoms with van der Waals surface area (Å²) in [7, 11) is 0. The Balaban J connectivity index is 1.73. The van der Waals surface area contributed by atoms with Crippen LogP contribution in [0.4, 0.5) is 5.69 Å². The number of halogens is 1. The van der Waals surface area contributed by atoms with Crippen LogP contribution < -0.4 is 10.9 Å². The molecule has 0 aliphatic heterocycles. The first kappa shape index (κ1) is 20.5. The maximum atomic E-state index is 13.3. The minimum Gasteiger partial charge on any atom is -0.325 e. The van der Waals surface area contributed by atoms with Crippen molar-refractivity contribution in [3.8, 4) is 11.1 Å². The third-order valence-corrected chi connectivity index (χ3v) is 6.59. The number of aryl methyl sites for hydroxylation is 2. The lowest BCUT2D eigenvalue weighted by Crippen LogP contribution is -2.27. The summed E-state index contributed by atoms with van der Waals surface area (Å²) in [4.78, 5) is 32.1. The smallest absolute Gasteiger partial charge is 0.263 e. The van der Waals surface area contributed by atoms with Gasteiger partial charge in [0.15, 0.2) is 0 Å². The molecule has 2 aromatic carbocycles. The zero-order valence-corrected chi connectivity index (χ0v) is 19.0. The molecule has 2 aromatic heterocycles. The van der Waals surface area contributed by atoms with Crippen LogP contribution in [0.2, 0.25) is 0 Å². The van der Waals surface area contributed by atoms with E-state index in [1.165, 1.54) is 22.2 Å². The van der Waals surface area contributed by atoms with Crippen molar-refractivity contribution in [2.75, 3.05) is 5.32 Å². The first-order valence-corrected chi connectivity index (χ1v) is 11.2. The van der Waals surface area contributed by atoms with Crippen LogP contribution in [0.15, 0.2) is 64.1 Å². The van der Waals surface area contributed by atoms with Crippen LogP contribution in [0.5, 0.6) is 0 Å². The molecule has 30 heavy (non-hydrogen) atoms. The van der Waals surface area contributed by atoms with E-state index in [2.05, 4.69) is 33.2 Å². The maximum Gasteiger partial charge on any atom is 0.263 e. The fourth-order valence-electron chi connectivity index (χ4n) is 3.43. The number of nitrogens with one attached hydrogen (secondary N) is 1. The summed E-state index contributed by atoms with van der Waals surface area (Å²) in [6.45, 7) is 3.94. The van der Waals surface area contributed by atoms with Crippen molar-refractivity contribution in [2.45, 2.75) is 26.8 Å². The van der Waals surface area contributed by atoms with Gasteiger partial charge in [-0.1, -0.05) is 47.1 Å². The van der Waals surface area contributed by atoms with Crippen molar-refractivity contribution in [1.29, 1.82) is 0 Å². The molecule has 4 rings (SSSR count). The van der Waals surface area contributed by atoms with Gasteiger partial charge in [-0.3, -0.25) is 14.2 Å². The van der Waals surface area contributed by atoms with E-state index in [0.717, 1.165) is 32.5 Å². The van der Waals surface area contributed by atoms with Gasteiger partial charge in [0.25, 0.3) is 5.56 Å². The monoisotopic (exact) mass is 481 g/mol. The molecule has 0 fully saturated rings. The molecule has 4 aromatic rings. The Morgan fingerprint density at radius 2 is 1.97 bits per heavy atom. The average molecular weight is 482 g/mol. The van der Waals surface area contributed by atoms with Crippen LogP contribution >= 0.6 is 27.3 Å². The summed E-state index contributed by atoms with van der Waals surface area (Å²) in [5, 5.41) is 3.42. The Hall–Kier alpha value is -2.77. The molecule has 0 atom stereocenters. The number of hydrogen-bond donors (Lipinski definition) is 1. The first-order chi connectivity index (χ1) is 14.5. The Morgan fingerprint density at radius 3 is 2.67 bits per heavy atom. The zero-order chi connectivity index (χ0) is 21.3. The van der Waals surface area contributed by atoms with Gasteiger partial charge in [0.1, 0.15) is 11.4 Å². The number of anilines is 1. The van der Waals surface area contributed by atoms with E-state index >= 15 is 0 Å². The second-order valence-corrected chi connectivity index (χ2v) is 9.04. The molecule has 0 aliphatic rings. The van der Waals surface area contributed by atoms with Crippen LogP contribution in [-0.4, -0.2) is 15.5 Å². The third kappa shape index (κ3) is 4.08. The van der Waals surface area contributed by atoms with Crippen molar-refractivity contribution in [1.82, 2.24) is 9.55 Å². The number of hydrogen-bond acceptors (Lipinski definition) is 4. The van der Waals surface area contributed by atoms with Gasteiger partial charge in [0.05, 0.1) is 11.7 Å². The highest BCUT2D eigenvalue weighted by atomic mass is 79.9. The lowest BCUT2D eigenvalue weighted by molar-refractivity contribution is -0.116. The normalized spacial score (nSPS) is 11.0. The molecule has 1 N–H and O–H groups in total. The van der Waals surface area contributed by atoms with E-state index in [1.54, 1.807) is 0 Å². The largest absolute Gasteiger partial charge is 0.325 e. The van der Waals surface area contributed by atoms with Gasteiger partial charge in [0, 0.05) is 20.6 Å². The molecule has 0 aliphatic carbocycles. The van der Waals surface area contributed by atoms with E-state index in [9.17, 15) is 9.59 Å². The molecule has 5 nitrogen and oxygen atoms in total. The number of thiophene rings is 1. The molecule has 0 saturated carbocycles. The fraction of sp³-hybridized carbons (Fsp3) is 0.174. The van der Waals surface area contributed by atoms with Crippen LogP contribution in [0.1, 0.15) is 17.4 Å². The van der Waals surface area contributed by atoms with E-state index in [0.29, 0.717) is 15.9 Å². The lowest BCUT2D eigenvalue weighted by Gasteiger charge is -2.09. The van der Waals surface area contributed by atoms with Crippen LogP contribution in [0, 0.1) is 6.92 Å². The Kier molecular flexibility index (Phi) is 5.83. The molecule has 7 heteroatoms. The third-order valence-electron chi connectivity index (χ3n) is 4.82. The molecular weight excluding hydrogens is 462 g/mol. The summed E-state index contributed by atoms with van der Waals surface area (Å²) in [5.41, 5.74) is 3.45. The van der Waals surface area contributed by atoms with Crippen molar-refractivity contribution in [3.05, 3.63) is 80.1 Å². The van der Waals surface area contributed by atoms with E-state index in [1.807, 2.05) is 55.5 Å². The van der Waals surface area contributed by atoms with E-state index in [-0.39, 0.29) is 18.0 Å². The summed E-state index contributed by atoms with van der Waals surface area (Å²) in [6, 6.07) is 15.5. The predicted octanol–water partition coefficient (Wildman–Crippen LogP) is 5.40. The number of carbonyl (C=O) groups is 1. The van der Waals surface area contributed by atoms with Crippen LogP contribution in [0.3, 0.4) is 0 Å². The average Bonchev–Trinajstić information content (AvgIpc) is 3.10. The number of fused-ring (bicyclic) bond motifs is 1. The number of amides is 1. The number of rotatable bonds is 5. The highest BCUT2D eigenvalue weighted by molar-refractivity contribution is 9.10. The van der Waals surface area contributed by atoms with Crippen molar-refractivity contribution in [2.24, 2.45) is 0 Å². The quantitative estimate of drug-likeness (QED) is 0.415. The summed E-state index contributed by atoms with van der Waals surface area (Å²) in [6.07, 6.45) is 2.27. The molecule has 152 valence electrons. The summed E-state index contributed by atoms with van der Waals surface area (Å²) >= 11 is 4.99. The van der Waals surface area contributed by atoms with Crippen LogP contribution in [-0.2, 0) is 17.8 Å². The van der Waals surface area contributed by atoms with Gasteiger partial charge in [-0.05, 0) is 48.7 Å². The highest BCUT2D eigenvalue weighted by Crippen LogP contribution is 2.36. The second kappa shape index (κ2) is 8.53. The molecule has 0 saturated heterocycles. The standard InChI is InChI=1S/C23H20BrN3O2S/c1-3-18-20(15-7-9-16(24)10-8-15)21-22(30-18)25-13-27(23(21)29)12-19(28)26-17-6-4-5-14(2)11-17/h4-11,13H,3,12H2,1-2H3,(H,26,28). The van der Waals surface area contributed by atoms with Gasteiger partial charge in [-0.15, -0.1) is 11.3 Å².